The maximum absolute atomic E-state index is 12.6. The molecule has 0 heterocycles. The molecule has 0 N–H and O–H groups in total. The summed E-state index contributed by atoms with van der Waals surface area (Å²) in [5, 5.41) is 0. The fraction of sp³-hybridized carbons (Fsp3) is 0.185. The third-order valence-corrected chi connectivity index (χ3v) is 5.46. The molecule has 1 saturated carbocycles. The van der Waals surface area contributed by atoms with E-state index < -0.39 is 0 Å². The molecule has 3 aromatic rings. The van der Waals surface area contributed by atoms with Gasteiger partial charge >= 0.3 is 5.97 Å². The van der Waals surface area contributed by atoms with Crippen molar-refractivity contribution in [1.29, 1.82) is 0 Å². The molecule has 30 heavy (non-hydrogen) atoms. The van der Waals surface area contributed by atoms with Crippen molar-refractivity contribution in [1.82, 2.24) is 0 Å². The molecule has 1 unspecified atom stereocenters. The van der Waals surface area contributed by atoms with E-state index >= 15 is 0 Å². The lowest BCUT2D eigenvalue weighted by molar-refractivity contribution is -0.150. The number of esters is 1. The standard InChI is InChI=1S/C27H24O3/c1-18(20-8-12-22(13-9-20)19(2)30-27(29)25-16-17-25)21-10-14-24(15-11-21)26(28)23-6-4-3-5-7-23/h3-15,19,25H,1,16-17H2,2H3. The summed E-state index contributed by atoms with van der Waals surface area (Å²) >= 11 is 0. The van der Waals surface area contributed by atoms with Gasteiger partial charge in [-0.25, -0.2) is 0 Å². The second-order valence-corrected chi connectivity index (χ2v) is 7.73. The van der Waals surface area contributed by atoms with E-state index in [0.29, 0.717) is 11.1 Å². The fourth-order valence-electron chi connectivity index (χ4n) is 3.36. The lowest BCUT2D eigenvalue weighted by Crippen LogP contribution is -2.10. The molecule has 1 fully saturated rings. The Balaban J connectivity index is 1.43. The van der Waals surface area contributed by atoms with Gasteiger partial charge in [-0.1, -0.05) is 85.4 Å². The van der Waals surface area contributed by atoms with Crippen LogP contribution in [0.25, 0.3) is 5.57 Å². The topological polar surface area (TPSA) is 43.4 Å². The predicted molar refractivity (Wildman–Crippen MR) is 118 cm³/mol. The molecule has 1 aliphatic rings. The summed E-state index contributed by atoms with van der Waals surface area (Å²) < 4.78 is 5.52. The van der Waals surface area contributed by atoms with Gasteiger partial charge in [0, 0.05) is 11.1 Å². The number of hydrogen-bond acceptors (Lipinski definition) is 3. The van der Waals surface area contributed by atoms with E-state index in [9.17, 15) is 9.59 Å². The number of carbonyl (C=O) groups is 2. The summed E-state index contributed by atoms with van der Waals surface area (Å²) in [6.07, 6.45) is 1.63. The monoisotopic (exact) mass is 396 g/mol. The molecule has 3 aromatic carbocycles. The molecular weight excluding hydrogens is 372 g/mol. The van der Waals surface area contributed by atoms with E-state index in [-0.39, 0.29) is 23.8 Å². The molecular formula is C27H24O3. The smallest absolute Gasteiger partial charge is 0.309 e. The molecule has 0 saturated heterocycles. The minimum atomic E-state index is -0.260. The Labute approximate surface area is 177 Å². The summed E-state index contributed by atoms with van der Waals surface area (Å²) in [6, 6.07) is 24.7. The van der Waals surface area contributed by atoms with E-state index in [2.05, 4.69) is 6.58 Å². The third kappa shape index (κ3) is 4.41. The van der Waals surface area contributed by atoms with Crippen LogP contribution >= 0.6 is 0 Å². The van der Waals surface area contributed by atoms with E-state index in [1.807, 2.05) is 85.8 Å². The van der Waals surface area contributed by atoms with Crippen molar-refractivity contribution < 1.29 is 14.3 Å². The van der Waals surface area contributed by atoms with E-state index in [1.165, 1.54) is 0 Å². The van der Waals surface area contributed by atoms with Crippen LogP contribution in [0.15, 0.2) is 85.4 Å². The minimum Gasteiger partial charge on any atom is -0.458 e. The summed E-state index contributed by atoms with van der Waals surface area (Å²) in [7, 11) is 0. The van der Waals surface area contributed by atoms with Gasteiger partial charge in [0.1, 0.15) is 6.10 Å². The second-order valence-electron chi connectivity index (χ2n) is 7.73. The SMILES string of the molecule is C=C(c1ccc(C(=O)c2ccccc2)cc1)c1ccc(C(C)OC(=O)C2CC2)cc1. The summed E-state index contributed by atoms with van der Waals surface area (Å²) in [6.45, 7) is 6.11. The maximum atomic E-state index is 12.6. The van der Waals surface area contributed by atoms with Crippen LogP contribution in [-0.2, 0) is 9.53 Å². The van der Waals surface area contributed by atoms with Gasteiger partial charge in [-0.3, -0.25) is 9.59 Å². The van der Waals surface area contributed by atoms with Crippen LogP contribution in [0.4, 0.5) is 0 Å². The Morgan fingerprint density at radius 1 is 0.800 bits per heavy atom. The fourth-order valence-corrected chi connectivity index (χ4v) is 3.36. The van der Waals surface area contributed by atoms with Gasteiger partial charge in [0.25, 0.3) is 0 Å². The molecule has 0 aliphatic heterocycles. The normalized spacial score (nSPS) is 14.0. The molecule has 0 radical (unpaired) electrons. The van der Waals surface area contributed by atoms with Crippen LogP contribution in [-0.4, -0.2) is 11.8 Å². The van der Waals surface area contributed by atoms with E-state index in [1.54, 1.807) is 0 Å². The first-order valence-corrected chi connectivity index (χ1v) is 10.2. The zero-order valence-electron chi connectivity index (χ0n) is 17.0. The number of ketones is 1. The van der Waals surface area contributed by atoms with E-state index in [4.69, 9.17) is 4.74 Å². The highest BCUT2D eigenvalue weighted by Crippen LogP contribution is 2.32. The highest BCUT2D eigenvalue weighted by molar-refractivity contribution is 6.09. The van der Waals surface area contributed by atoms with Crippen molar-refractivity contribution >= 4 is 17.3 Å². The van der Waals surface area contributed by atoms with Crippen LogP contribution in [0.2, 0.25) is 0 Å². The van der Waals surface area contributed by atoms with Crippen molar-refractivity contribution in [3.8, 4) is 0 Å². The van der Waals surface area contributed by atoms with Crippen LogP contribution in [0.1, 0.15) is 58.5 Å². The Hall–Kier alpha value is -3.46. The molecule has 1 aliphatic carbocycles. The molecule has 3 nitrogen and oxygen atoms in total. The summed E-state index contributed by atoms with van der Waals surface area (Å²) in [5.41, 5.74) is 5.12. The summed E-state index contributed by atoms with van der Waals surface area (Å²) in [5.74, 6) is 0.0104. The van der Waals surface area contributed by atoms with Crippen molar-refractivity contribution in [2.75, 3.05) is 0 Å². The molecule has 150 valence electrons. The van der Waals surface area contributed by atoms with Gasteiger partial charge in [0.2, 0.25) is 0 Å². The number of rotatable bonds is 7. The first-order valence-electron chi connectivity index (χ1n) is 10.2. The van der Waals surface area contributed by atoms with Crippen molar-refractivity contribution in [3.05, 3.63) is 113 Å². The summed E-state index contributed by atoms with van der Waals surface area (Å²) in [4.78, 5) is 24.4. The molecule has 4 rings (SSSR count). The van der Waals surface area contributed by atoms with Crippen LogP contribution < -0.4 is 0 Å². The molecule has 0 spiro atoms. The van der Waals surface area contributed by atoms with Gasteiger partial charge < -0.3 is 4.74 Å². The Bertz CT molecular complexity index is 1060. The van der Waals surface area contributed by atoms with Crippen LogP contribution in [0, 0.1) is 5.92 Å². The van der Waals surface area contributed by atoms with Crippen LogP contribution in [0.3, 0.4) is 0 Å². The predicted octanol–water partition coefficient (Wildman–Crippen LogP) is 5.99. The van der Waals surface area contributed by atoms with Crippen molar-refractivity contribution in [3.63, 3.8) is 0 Å². The Kier molecular flexibility index (Phi) is 5.62. The maximum Gasteiger partial charge on any atom is 0.309 e. The van der Waals surface area contributed by atoms with Gasteiger partial charge in [-0.05, 0) is 42.0 Å². The highest BCUT2D eigenvalue weighted by atomic mass is 16.5. The lowest BCUT2D eigenvalue weighted by atomic mass is 9.95. The Morgan fingerprint density at radius 3 is 1.87 bits per heavy atom. The largest absolute Gasteiger partial charge is 0.458 e. The second kappa shape index (κ2) is 8.50. The van der Waals surface area contributed by atoms with Crippen molar-refractivity contribution in [2.24, 2.45) is 5.92 Å². The van der Waals surface area contributed by atoms with Gasteiger partial charge in [0.05, 0.1) is 5.92 Å². The average molecular weight is 396 g/mol. The number of carbonyl (C=O) groups excluding carboxylic acids is 2. The van der Waals surface area contributed by atoms with E-state index in [0.717, 1.165) is 35.1 Å². The lowest BCUT2D eigenvalue weighted by Gasteiger charge is -2.14. The van der Waals surface area contributed by atoms with Crippen LogP contribution in [0.5, 0.6) is 0 Å². The first-order chi connectivity index (χ1) is 14.5. The number of benzene rings is 3. The first kappa shape index (κ1) is 19.8. The van der Waals surface area contributed by atoms with Gasteiger partial charge in [0.15, 0.2) is 5.78 Å². The number of ether oxygens (including phenoxy) is 1. The highest BCUT2D eigenvalue weighted by Gasteiger charge is 2.32. The molecule has 0 amide bonds. The van der Waals surface area contributed by atoms with Gasteiger partial charge in [-0.15, -0.1) is 0 Å². The molecule has 1 atom stereocenters. The number of hydrogen-bond donors (Lipinski definition) is 0. The Morgan fingerprint density at radius 2 is 1.30 bits per heavy atom. The zero-order chi connectivity index (χ0) is 21.1. The minimum absolute atomic E-state index is 0.00634. The molecule has 0 bridgehead atoms. The third-order valence-electron chi connectivity index (χ3n) is 5.46. The molecule has 3 heteroatoms. The van der Waals surface area contributed by atoms with Crippen molar-refractivity contribution in [2.45, 2.75) is 25.9 Å². The average Bonchev–Trinajstić information content (AvgIpc) is 3.64. The quantitative estimate of drug-likeness (QED) is 0.364. The zero-order valence-corrected chi connectivity index (χ0v) is 17.0. The molecule has 0 aromatic heterocycles. The van der Waals surface area contributed by atoms with Gasteiger partial charge in [-0.2, -0.15) is 0 Å².